The van der Waals surface area contributed by atoms with Crippen LogP contribution < -0.4 is 15.8 Å². The molecule has 2 rings (SSSR count). The predicted molar refractivity (Wildman–Crippen MR) is 81.9 cm³/mol. The van der Waals surface area contributed by atoms with Crippen LogP contribution in [0.5, 0.6) is 11.5 Å². The van der Waals surface area contributed by atoms with Gasteiger partial charge in [-0.15, -0.1) is 0 Å². The molecule has 5 heteroatoms. The summed E-state index contributed by atoms with van der Waals surface area (Å²) in [5.41, 5.74) is 6.73. The quantitative estimate of drug-likeness (QED) is 0.883. The number of carbonyl (C=O) groups is 1. The van der Waals surface area contributed by atoms with Crippen molar-refractivity contribution in [3.05, 3.63) is 58.1 Å². The van der Waals surface area contributed by atoms with E-state index >= 15 is 0 Å². The van der Waals surface area contributed by atoms with Gasteiger partial charge < -0.3 is 15.8 Å². The minimum Gasteiger partial charge on any atom is -0.456 e. The summed E-state index contributed by atoms with van der Waals surface area (Å²) < 4.78 is 6.69. The van der Waals surface area contributed by atoms with E-state index in [-0.39, 0.29) is 0 Å². The van der Waals surface area contributed by atoms with E-state index in [9.17, 15) is 4.79 Å². The van der Waals surface area contributed by atoms with Gasteiger partial charge in [-0.3, -0.25) is 4.79 Å². The molecule has 1 amide bonds. The van der Waals surface area contributed by atoms with E-state index < -0.39 is 5.91 Å². The molecule has 0 aliphatic carbocycles. The maximum Gasteiger partial charge on any atom is 0.252 e. The standard InChI is InChI=1S/C15H15BrN2O2/c1-18-9-10-4-2-3-5-13(10)20-14-8-11(16)6-7-12(14)15(17)19/h2-8,18H,9H2,1H3,(H2,17,19). The number of carbonyl (C=O) groups excluding carboxylic acids is 1. The molecule has 0 bridgehead atoms. The van der Waals surface area contributed by atoms with E-state index in [2.05, 4.69) is 21.2 Å². The van der Waals surface area contributed by atoms with Crippen LogP contribution >= 0.6 is 15.9 Å². The Kier molecular flexibility index (Phi) is 4.76. The summed E-state index contributed by atoms with van der Waals surface area (Å²) in [4.78, 5) is 11.4. The summed E-state index contributed by atoms with van der Waals surface area (Å²) in [6, 6.07) is 12.8. The second-order valence-corrected chi connectivity index (χ2v) is 5.16. The van der Waals surface area contributed by atoms with Crippen molar-refractivity contribution in [1.82, 2.24) is 5.32 Å². The van der Waals surface area contributed by atoms with Gasteiger partial charge >= 0.3 is 0 Å². The molecule has 2 aromatic rings. The van der Waals surface area contributed by atoms with Crippen LogP contribution in [0, 0.1) is 0 Å². The third-order valence-electron chi connectivity index (χ3n) is 2.77. The number of benzene rings is 2. The topological polar surface area (TPSA) is 64.3 Å². The number of hydrogen-bond donors (Lipinski definition) is 2. The van der Waals surface area contributed by atoms with Crippen LogP contribution in [-0.2, 0) is 6.54 Å². The Balaban J connectivity index is 2.39. The van der Waals surface area contributed by atoms with E-state index in [1.165, 1.54) is 0 Å². The number of primary amides is 1. The summed E-state index contributed by atoms with van der Waals surface area (Å²) in [6.07, 6.45) is 0. The molecule has 0 aromatic heterocycles. The van der Waals surface area contributed by atoms with Gasteiger partial charge in [0.25, 0.3) is 5.91 Å². The molecule has 0 unspecified atom stereocenters. The number of ether oxygens (including phenoxy) is 1. The van der Waals surface area contributed by atoms with Gasteiger partial charge in [0.15, 0.2) is 0 Å². The number of rotatable bonds is 5. The lowest BCUT2D eigenvalue weighted by Crippen LogP contribution is -2.12. The maximum atomic E-state index is 11.4. The predicted octanol–water partition coefficient (Wildman–Crippen LogP) is 3.06. The highest BCUT2D eigenvalue weighted by molar-refractivity contribution is 9.10. The monoisotopic (exact) mass is 334 g/mol. The van der Waals surface area contributed by atoms with Crippen LogP contribution in [0.15, 0.2) is 46.9 Å². The number of amides is 1. The van der Waals surface area contributed by atoms with E-state index in [4.69, 9.17) is 10.5 Å². The average molecular weight is 335 g/mol. The molecule has 0 fully saturated rings. The second kappa shape index (κ2) is 6.54. The highest BCUT2D eigenvalue weighted by Gasteiger charge is 2.12. The molecular weight excluding hydrogens is 320 g/mol. The lowest BCUT2D eigenvalue weighted by atomic mass is 10.1. The van der Waals surface area contributed by atoms with Gasteiger partial charge in [0.2, 0.25) is 0 Å². The molecule has 104 valence electrons. The zero-order valence-corrected chi connectivity index (χ0v) is 12.6. The molecule has 2 aromatic carbocycles. The first-order valence-corrected chi connectivity index (χ1v) is 6.91. The summed E-state index contributed by atoms with van der Waals surface area (Å²) >= 11 is 3.36. The van der Waals surface area contributed by atoms with Crippen molar-refractivity contribution in [3.63, 3.8) is 0 Å². The van der Waals surface area contributed by atoms with Gasteiger partial charge in [-0.05, 0) is 31.3 Å². The Labute approximate surface area is 126 Å². The first kappa shape index (κ1) is 14.6. The van der Waals surface area contributed by atoms with E-state index in [1.54, 1.807) is 18.2 Å². The van der Waals surface area contributed by atoms with E-state index in [1.807, 2.05) is 31.3 Å². The normalized spacial score (nSPS) is 10.3. The van der Waals surface area contributed by atoms with Gasteiger partial charge in [-0.25, -0.2) is 0 Å². The molecule has 0 aliphatic rings. The minimum absolute atomic E-state index is 0.354. The summed E-state index contributed by atoms with van der Waals surface area (Å²) in [5, 5.41) is 3.08. The fourth-order valence-electron chi connectivity index (χ4n) is 1.84. The molecule has 0 spiro atoms. The molecule has 0 atom stereocenters. The summed E-state index contributed by atoms with van der Waals surface area (Å²) in [6.45, 7) is 0.677. The number of nitrogens with two attached hydrogens (primary N) is 1. The van der Waals surface area contributed by atoms with E-state index in [0.29, 0.717) is 23.6 Å². The van der Waals surface area contributed by atoms with Crippen LogP contribution in [-0.4, -0.2) is 13.0 Å². The summed E-state index contributed by atoms with van der Waals surface area (Å²) in [7, 11) is 1.87. The van der Waals surface area contributed by atoms with Gasteiger partial charge in [-0.2, -0.15) is 0 Å². The number of halogens is 1. The largest absolute Gasteiger partial charge is 0.456 e. The minimum atomic E-state index is -0.515. The molecule has 0 aliphatic heterocycles. The zero-order valence-electron chi connectivity index (χ0n) is 11.0. The van der Waals surface area contributed by atoms with Crippen molar-refractivity contribution in [3.8, 4) is 11.5 Å². The second-order valence-electron chi connectivity index (χ2n) is 4.24. The Morgan fingerprint density at radius 3 is 2.70 bits per heavy atom. The molecule has 0 radical (unpaired) electrons. The first-order chi connectivity index (χ1) is 9.61. The van der Waals surface area contributed by atoms with Crippen molar-refractivity contribution in [2.75, 3.05) is 7.05 Å². The maximum absolute atomic E-state index is 11.4. The average Bonchev–Trinajstić information content (AvgIpc) is 2.41. The molecule has 0 saturated carbocycles. The first-order valence-electron chi connectivity index (χ1n) is 6.11. The Bertz CT molecular complexity index is 629. The van der Waals surface area contributed by atoms with Gasteiger partial charge in [0.05, 0.1) is 5.56 Å². The van der Waals surface area contributed by atoms with Crippen molar-refractivity contribution < 1.29 is 9.53 Å². The van der Waals surface area contributed by atoms with Crippen LogP contribution in [0.4, 0.5) is 0 Å². The van der Waals surface area contributed by atoms with Crippen molar-refractivity contribution in [2.24, 2.45) is 5.73 Å². The van der Waals surface area contributed by atoms with Gasteiger partial charge in [-0.1, -0.05) is 34.1 Å². The van der Waals surface area contributed by atoms with Crippen LogP contribution in [0.1, 0.15) is 15.9 Å². The van der Waals surface area contributed by atoms with Crippen LogP contribution in [0.2, 0.25) is 0 Å². The number of para-hydroxylation sites is 1. The van der Waals surface area contributed by atoms with Crippen LogP contribution in [0.3, 0.4) is 0 Å². The molecular formula is C15H15BrN2O2. The highest BCUT2D eigenvalue weighted by Crippen LogP contribution is 2.30. The third kappa shape index (κ3) is 3.37. The molecule has 4 nitrogen and oxygen atoms in total. The lowest BCUT2D eigenvalue weighted by Gasteiger charge is -2.13. The Morgan fingerprint density at radius 1 is 1.25 bits per heavy atom. The molecule has 0 saturated heterocycles. The third-order valence-corrected chi connectivity index (χ3v) is 3.26. The fraction of sp³-hybridized carbons (Fsp3) is 0.133. The highest BCUT2D eigenvalue weighted by atomic mass is 79.9. The summed E-state index contributed by atoms with van der Waals surface area (Å²) in [5.74, 6) is 0.622. The Hall–Kier alpha value is -1.85. The molecule has 20 heavy (non-hydrogen) atoms. The smallest absolute Gasteiger partial charge is 0.252 e. The van der Waals surface area contributed by atoms with Crippen molar-refractivity contribution >= 4 is 21.8 Å². The van der Waals surface area contributed by atoms with E-state index in [0.717, 1.165) is 10.0 Å². The molecule has 0 heterocycles. The SMILES string of the molecule is CNCc1ccccc1Oc1cc(Br)ccc1C(N)=O. The van der Waals surface area contributed by atoms with Crippen molar-refractivity contribution in [1.29, 1.82) is 0 Å². The van der Waals surface area contributed by atoms with Gasteiger partial charge in [0, 0.05) is 16.6 Å². The zero-order chi connectivity index (χ0) is 14.5. The lowest BCUT2D eigenvalue weighted by molar-refractivity contribution is 0.0998. The van der Waals surface area contributed by atoms with Gasteiger partial charge in [0.1, 0.15) is 11.5 Å². The van der Waals surface area contributed by atoms with Crippen LogP contribution in [0.25, 0.3) is 0 Å². The number of hydrogen-bond acceptors (Lipinski definition) is 3. The Morgan fingerprint density at radius 2 is 2.00 bits per heavy atom. The van der Waals surface area contributed by atoms with Crippen molar-refractivity contribution in [2.45, 2.75) is 6.54 Å². The fourth-order valence-corrected chi connectivity index (χ4v) is 2.18. The molecule has 3 N–H and O–H groups in total. The number of nitrogens with one attached hydrogen (secondary N) is 1.